The van der Waals surface area contributed by atoms with Crippen LogP contribution in [0.1, 0.15) is 16.1 Å². The minimum absolute atomic E-state index is 0.0385. The van der Waals surface area contributed by atoms with Gasteiger partial charge < -0.3 is 14.6 Å². The van der Waals surface area contributed by atoms with Gasteiger partial charge in [-0.05, 0) is 24.3 Å². The zero-order valence-corrected chi connectivity index (χ0v) is 13.1. The Hall–Kier alpha value is -4.00. The summed E-state index contributed by atoms with van der Waals surface area (Å²) in [7, 11) is 0. The number of alkyl halides is 2. The summed E-state index contributed by atoms with van der Waals surface area (Å²) in [4.78, 5) is 23.9. The minimum atomic E-state index is -3.82. The Balaban J connectivity index is 2.04. The summed E-state index contributed by atoms with van der Waals surface area (Å²) < 4.78 is 36.2. The maximum Gasteiger partial charge on any atom is 0.586 e. The fraction of sp³-hybridized carbons (Fsp3) is 0.0588. The summed E-state index contributed by atoms with van der Waals surface area (Å²) in [5, 5.41) is 22.2. The van der Waals surface area contributed by atoms with Crippen LogP contribution in [0.2, 0.25) is 0 Å². The van der Waals surface area contributed by atoms with Gasteiger partial charge >= 0.3 is 12.3 Å². The number of aromatic carboxylic acids is 1. The highest BCUT2D eigenvalue weighted by atomic mass is 19.3. The van der Waals surface area contributed by atoms with Crippen molar-refractivity contribution in [3.8, 4) is 23.3 Å². The number of nitriles is 1. The van der Waals surface area contributed by atoms with Crippen molar-refractivity contribution < 1.29 is 28.2 Å². The van der Waals surface area contributed by atoms with Crippen LogP contribution >= 0.6 is 0 Å². The number of carbonyl (C=O) groups is 1. The number of halogens is 2. The van der Waals surface area contributed by atoms with Gasteiger partial charge in [-0.15, -0.1) is 8.78 Å². The Morgan fingerprint density at radius 3 is 2.67 bits per heavy atom. The van der Waals surface area contributed by atoms with Gasteiger partial charge in [-0.2, -0.15) is 10.4 Å². The van der Waals surface area contributed by atoms with Gasteiger partial charge in [0.2, 0.25) is 11.1 Å². The molecule has 2 heterocycles. The van der Waals surface area contributed by atoms with E-state index in [1.54, 1.807) is 0 Å². The van der Waals surface area contributed by atoms with Crippen molar-refractivity contribution in [3.63, 3.8) is 0 Å². The van der Waals surface area contributed by atoms with E-state index >= 15 is 0 Å². The van der Waals surface area contributed by atoms with Gasteiger partial charge in [-0.3, -0.25) is 4.79 Å². The zero-order valence-electron chi connectivity index (χ0n) is 13.1. The lowest BCUT2D eigenvalue weighted by Crippen LogP contribution is -2.26. The first kappa shape index (κ1) is 16.5. The topological polar surface area (TPSA) is 114 Å². The number of aromatic nitrogens is 2. The SMILES string of the molecule is N#Cc1cccc2c1c(=O)c(C(=O)O)nn2-c1ccc2c(c1)OC(F)(F)O2. The molecule has 0 spiro atoms. The Morgan fingerprint density at radius 2 is 1.96 bits per heavy atom. The van der Waals surface area contributed by atoms with Crippen LogP contribution in [0.5, 0.6) is 11.5 Å². The third-order valence-corrected chi connectivity index (χ3v) is 3.87. The number of nitrogens with zero attached hydrogens (tertiary/aromatic N) is 3. The maximum absolute atomic E-state index is 13.2. The molecule has 27 heavy (non-hydrogen) atoms. The third-order valence-electron chi connectivity index (χ3n) is 3.87. The van der Waals surface area contributed by atoms with Gasteiger partial charge in [0, 0.05) is 6.07 Å². The van der Waals surface area contributed by atoms with E-state index in [1.165, 1.54) is 30.3 Å². The normalized spacial score (nSPS) is 14.1. The lowest BCUT2D eigenvalue weighted by atomic mass is 10.1. The maximum atomic E-state index is 13.2. The second kappa shape index (κ2) is 5.50. The quantitative estimate of drug-likeness (QED) is 0.735. The van der Waals surface area contributed by atoms with Crippen molar-refractivity contribution in [2.45, 2.75) is 6.29 Å². The van der Waals surface area contributed by atoms with Gasteiger partial charge in [0.15, 0.2) is 11.5 Å². The lowest BCUT2D eigenvalue weighted by Gasteiger charge is -2.12. The van der Waals surface area contributed by atoms with Crippen molar-refractivity contribution >= 4 is 16.9 Å². The van der Waals surface area contributed by atoms with E-state index in [9.17, 15) is 28.7 Å². The fourth-order valence-electron chi connectivity index (χ4n) is 2.77. The van der Waals surface area contributed by atoms with Crippen LogP contribution in [0.15, 0.2) is 41.2 Å². The summed E-state index contributed by atoms with van der Waals surface area (Å²) in [5.74, 6) is -2.07. The Labute approximate surface area is 148 Å². The first-order valence-electron chi connectivity index (χ1n) is 7.40. The molecule has 1 aliphatic heterocycles. The smallest absolute Gasteiger partial charge is 0.476 e. The van der Waals surface area contributed by atoms with E-state index in [4.69, 9.17) is 0 Å². The van der Waals surface area contributed by atoms with Crippen LogP contribution < -0.4 is 14.9 Å². The molecular formula is C17H7F2N3O5. The van der Waals surface area contributed by atoms with Crippen molar-refractivity contribution in [3.05, 3.63) is 57.9 Å². The zero-order chi connectivity index (χ0) is 19.3. The Bertz CT molecular complexity index is 1230. The van der Waals surface area contributed by atoms with E-state index in [2.05, 4.69) is 14.6 Å². The highest BCUT2D eigenvalue weighted by Gasteiger charge is 2.43. The molecule has 0 unspecified atom stereocenters. The average molecular weight is 371 g/mol. The Kier molecular flexibility index (Phi) is 3.35. The number of rotatable bonds is 2. The van der Waals surface area contributed by atoms with Crippen molar-refractivity contribution in [2.24, 2.45) is 0 Å². The first-order chi connectivity index (χ1) is 12.8. The highest BCUT2D eigenvalue weighted by molar-refractivity contribution is 5.93. The Morgan fingerprint density at radius 1 is 1.22 bits per heavy atom. The van der Waals surface area contributed by atoms with Crippen LogP contribution in [0.3, 0.4) is 0 Å². The van der Waals surface area contributed by atoms with Gasteiger partial charge in [0.25, 0.3) is 0 Å². The van der Waals surface area contributed by atoms with Crippen LogP contribution in [0, 0.1) is 11.3 Å². The molecule has 0 amide bonds. The summed E-state index contributed by atoms with van der Waals surface area (Å²) >= 11 is 0. The van der Waals surface area contributed by atoms with Gasteiger partial charge in [0.05, 0.1) is 28.2 Å². The molecular weight excluding hydrogens is 364 g/mol. The number of carboxylic acid groups (broad SMARTS) is 1. The molecule has 1 aromatic heterocycles. The predicted octanol–water partition coefficient (Wildman–Crippen LogP) is 2.28. The van der Waals surface area contributed by atoms with Gasteiger partial charge in [-0.1, -0.05) is 6.07 Å². The molecule has 0 bridgehead atoms. The lowest BCUT2D eigenvalue weighted by molar-refractivity contribution is -0.286. The molecule has 134 valence electrons. The number of carboxylic acids is 1. The van der Waals surface area contributed by atoms with Gasteiger partial charge in [-0.25, -0.2) is 9.48 Å². The van der Waals surface area contributed by atoms with Crippen molar-refractivity contribution in [1.82, 2.24) is 9.78 Å². The summed E-state index contributed by atoms with van der Waals surface area (Å²) in [5.41, 5.74) is -1.50. The summed E-state index contributed by atoms with van der Waals surface area (Å²) in [6.07, 6.45) is -3.82. The van der Waals surface area contributed by atoms with E-state index < -0.39 is 23.4 Å². The number of ether oxygens (including phenoxy) is 2. The summed E-state index contributed by atoms with van der Waals surface area (Å²) in [6, 6.07) is 9.83. The predicted molar refractivity (Wildman–Crippen MR) is 85.2 cm³/mol. The van der Waals surface area contributed by atoms with E-state index in [0.29, 0.717) is 0 Å². The van der Waals surface area contributed by atoms with Crippen molar-refractivity contribution in [1.29, 1.82) is 5.26 Å². The molecule has 0 aliphatic carbocycles. The molecule has 1 aliphatic rings. The minimum Gasteiger partial charge on any atom is -0.476 e. The van der Waals surface area contributed by atoms with Crippen LogP contribution in [-0.2, 0) is 0 Å². The number of benzene rings is 2. The highest BCUT2D eigenvalue weighted by Crippen LogP contribution is 2.42. The number of fused-ring (bicyclic) bond motifs is 2. The molecule has 0 radical (unpaired) electrons. The molecule has 10 heteroatoms. The molecule has 4 rings (SSSR count). The van der Waals surface area contributed by atoms with E-state index in [0.717, 1.165) is 10.7 Å². The van der Waals surface area contributed by atoms with Crippen LogP contribution in [0.25, 0.3) is 16.6 Å². The molecule has 0 fully saturated rings. The molecule has 0 saturated carbocycles. The second-order valence-corrected chi connectivity index (χ2v) is 5.50. The second-order valence-electron chi connectivity index (χ2n) is 5.50. The molecule has 0 atom stereocenters. The molecule has 3 aromatic rings. The number of hydrogen-bond donors (Lipinski definition) is 1. The van der Waals surface area contributed by atoms with Gasteiger partial charge in [0.1, 0.15) is 0 Å². The van der Waals surface area contributed by atoms with Crippen molar-refractivity contribution in [2.75, 3.05) is 0 Å². The number of hydrogen-bond acceptors (Lipinski definition) is 6. The standard InChI is InChI=1S/C17H7F2N3O5/c18-17(19)26-11-5-4-9(6-12(11)27-17)22-10-3-1-2-8(7-20)13(10)15(23)14(21-22)16(24)25/h1-6H,(H,24,25). The average Bonchev–Trinajstić information content (AvgIpc) is 2.94. The van der Waals surface area contributed by atoms with E-state index in [1.807, 2.05) is 6.07 Å². The first-order valence-corrected chi connectivity index (χ1v) is 7.40. The fourth-order valence-corrected chi connectivity index (χ4v) is 2.77. The monoisotopic (exact) mass is 371 g/mol. The molecule has 1 N–H and O–H groups in total. The third kappa shape index (κ3) is 2.53. The van der Waals surface area contributed by atoms with Crippen LogP contribution in [-0.4, -0.2) is 27.2 Å². The molecule has 2 aromatic carbocycles. The summed E-state index contributed by atoms with van der Waals surface area (Å²) in [6.45, 7) is 0. The molecule has 0 saturated heterocycles. The largest absolute Gasteiger partial charge is 0.586 e. The van der Waals surface area contributed by atoms with Crippen LogP contribution in [0.4, 0.5) is 8.78 Å². The van der Waals surface area contributed by atoms with E-state index in [-0.39, 0.29) is 33.7 Å². The molecule has 8 nitrogen and oxygen atoms in total.